The summed E-state index contributed by atoms with van der Waals surface area (Å²) >= 11 is 0. The fraction of sp³-hybridized carbons (Fsp3) is 0.333. The lowest BCUT2D eigenvalue weighted by molar-refractivity contribution is -0.120. The Morgan fingerprint density at radius 1 is 1.11 bits per heavy atom. The van der Waals surface area contributed by atoms with E-state index in [1.54, 1.807) is 25.3 Å². The first-order valence-corrected chi connectivity index (χ1v) is 9.05. The molecule has 0 aliphatic carbocycles. The van der Waals surface area contributed by atoms with Crippen LogP contribution in [0.2, 0.25) is 0 Å². The second-order valence-corrected chi connectivity index (χ2v) is 6.54. The number of ether oxygens (including phenoxy) is 1. The molecule has 2 aromatic carbocycles. The van der Waals surface area contributed by atoms with Gasteiger partial charge >= 0.3 is 0 Å². The maximum Gasteiger partial charge on any atom is 0.241 e. The molecule has 0 radical (unpaired) electrons. The second-order valence-electron chi connectivity index (χ2n) is 6.54. The SMILES string of the molecule is COc1ccc(N2CCN(C(C)C(=O)Nc3ccccc3C#N)CC2)cc1. The number of carbonyl (C=O) groups excluding carboxylic acids is 1. The molecule has 0 saturated carbocycles. The van der Waals surface area contributed by atoms with E-state index in [1.807, 2.05) is 25.1 Å². The topological polar surface area (TPSA) is 68.6 Å². The number of nitriles is 1. The number of anilines is 2. The summed E-state index contributed by atoms with van der Waals surface area (Å²) < 4.78 is 5.21. The van der Waals surface area contributed by atoms with Gasteiger partial charge in [-0.05, 0) is 43.3 Å². The van der Waals surface area contributed by atoms with Crippen LogP contribution in [-0.4, -0.2) is 50.1 Å². The molecular formula is C21H24N4O2. The van der Waals surface area contributed by atoms with Crippen molar-refractivity contribution in [2.24, 2.45) is 0 Å². The maximum atomic E-state index is 12.6. The molecule has 27 heavy (non-hydrogen) atoms. The lowest BCUT2D eigenvalue weighted by atomic mass is 10.1. The molecule has 6 heteroatoms. The highest BCUT2D eigenvalue weighted by atomic mass is 16.5. The van der Waals surface area contributed by atoms with E-state index in [-0.39, 0.29) is 11.9 Å². The van der Waals surface area contributed by atoms with Gasteiger partial charge in [0.15, 0.2) is 0 Å². The van der Waals surface area contributed by atoms with E-state index >= 15 is 0 Å². The number of carbonyl (C=O) groups is 1. The van der Waals surface area contributed by atoms with Crippen LogP contribution in [0.25, 0.3) is 0 Å². The van der Waals surface area contributed by atoms with Gasteiger partial charge in [-0.15, -0.1) is 0 Å². The molecule has 1 aliphatic heterocycles. The van der Waals surface area contributed by atoms with Gasteiger partial charge in [-0.3, -0.25) is 9.69 Å². The zero-order valence-electron chi connectivity index (χ0n) is 15.7. The number of hydrogen-bond acceptors (Lipinski definition) is 5. The third-order valence-corrected chi connectivity index (χ3v) is 4.98. The fourth-order valence-corrected chi connectivity index (χ4v) is 3.25. The van der Waals surface area contributed by atoms with E-state index in [0.29, 0.717) is 11.3 Å². The Labute approximate surface area is 160 Å². The van der Waals surface area contributed by atoms with E-state index < -0.39 is 0 Å². The molecule has 0 aromatic heterocycles. The van der Waals surface area contributed by atoms with Crippen LogP contribution in [0.4, 0.5) is 11.4 Å². The molecule has 1 amide bonds. The van der Waals surface area contributed by atoms with Crippen molar-refractivity contribution in [3.8, 4) is 11.8 Å². The quantitative estimate of drug-likeness (QED) is 0.883. The van der Waals surface area contributed by atoms with Crippen molar-refractivity contribution < 1.29 is 9.53 Å². The summed E-state index contributed by atoms with van der Waals surface area (Å²) in [5.74, 6) is 0.760. The van der Waals surface area contributed by atoms with Crippen LogP contribution in [0.15, 0.2) is 48.5 Å². The maximum absolute atomic E-state index is 12.6. The Hall–Kier alpha value is -3.04. The van der Waals surface area contributed by atoms with Crippen molar-refractivity contribution in [2.45, 2.75) is 13.0 Å². The monoisotopic (exact) mass is 364 g/mol. The van der Waals surface area contributed by atoms with Gasteiger partial charge in [-0.25, -0.2) is 0 Å². The molecule has 1 aliphatic rings. The summed E-state index contributed by atoms with van der Waals surface area (Å²) in [5.41, 5.74) is 2.20. The van der Waals surface area contributed by atoms with Crippen molar-refractivity contribution in [1.29, 1.82) is 5.26 Å². The van der Waals surface area contributed by atoms with E-state index in [0.717, 1.165) is 37.6 Å². The first-order chi connectivity index (χ1) is 13.1. The van der Waals surface area contributed by atoms with Crippen molar-refractivity contribution in [3.05, 3.63) is 54.1 Å². The molecule has 1 atom stereocenters. The molecule has 1 saturated heterocycles. The molecular weight excluding hydrogens is 340 g/mol. The van der Waals surface area contributed by atoms with Gasteiger partial charge in [0, 0.05) is 31.9 Å². The molecule has 1 fully saturated rings. The van der Waals surface area contributed by atoms with Crippen LogP contribution in [0, 0.1) is 11.3 Å². The number of para-hydroxylation sites is 1. The van der Waals surface area contributed by atoms with Crippen molar-refractivity contribution in [2.75, 3.05) is 43.5 Å². The number of amides is 1. The zero-order chi connectivity index (χ0) is 19.2. The molecule has 140 valence electrons. The lowest BCUT2D eigenvalue weighted by Gasteiger charge is -2.38. The second kappa shape index (κ2) is 8.56. The highest BCUT2D eigenvalue weighted by molar-refractivity contribution is 5.95. The minimum absolute atomic E-state index is 0.0874. The highest BCUT2D eigenvalue weighted by Crippen LogP contribution is 2.21. The van der Waals surface area contributed by atoms with Crippen LogP contribution in [0.5, 0.6) is 5.75 Å². The van der Waals surface area contributed by atoms with Crippen LogP contribution in [0.3, 0.4) is 0 Å². The Bertz CT molecular complexity index is 821. The number of benzene rings is 2. The predicted molar refractivity (Wildman–Crippen MR) is 106 cm³/mol. The smallest absolute Gasteiger partial charge is 0.241 e. The molecule has 1 heterocycles. The Morgan fingerprint density at radius 2 is 1.78 bits per heavy atom. The van der Waals surface area contributed by atoms with E-state index in [1.165, 1.54) is 0 Å². The van der Waals surface area contributed by atoms with Gasteiger partial charge in [-0.2, -0.15) is 5.26 Å². The predicted octanol–water partition coefficient (Wildman–Crippen LogP) is 2.72. The van der Waals surface area contributed by atoms with Crippen molar-refractivity contribution in [1.82, 2.24) is 4.90 Å². The number of nitrogens with zero attached hydrogens (tertiary/aromatic N) is 3. The average Bonchev–Trinajstić information content (AvgIpc) is 2.73. The molecule has 3 rings (SSSR count). The van der Waals surface area contributed by atoms with Gasteiger partial charge in [0.05, 0.1) is 24.4 Å². The number of piperazine rings is 1. The van der Waals surface area contributed by atoms with Crippen LogP contribution >= 0.6 is 0 Å². The van der Waals surface area contributed by atoms with Gasteiger partial charge in [0.25, 0.3) is 0 Å². The Balaban J connectivity index is 1.56. The lowest BCUT2D eigenvalue weighted by Crippen LogP contribution is -2.52. The summed E-state index contributed by atoms with van der Waals surface area (Å²) in [4.78, 5) is 17.1. The standard InChI is InChI=1S/C21H24N4O2/c1-16(21(26)23-20-6-4-3-5-17(20)15-22)24-11-13-25(14-12-24)18-7-9-19(27-2)10-8-18/h3-10,16H,11-14H2,1-2H3,(H,23,26). The van der Waals surface area contributed by atoms with Crippen molar-refractivity contribution in [3.63, 3.8) is 0 Å². The number of rotatable bonds is 5. The number of methoxy groups -OCH3 is 1. The highest BCUT2D eigenvalue weighted by Gasteiger charge is 2.26. The Kier molecular flexibility index (Phi) is 5.94. The number of nitrogens with one attached hydrogen (secondary N) is 1. The van der Waals surface area contributed by atoms with Crippen LogP contribution in [-0.2, 0) is 4.79 Å². The molecule has 6 nitrogen and oxygen atoms in total. The summed E-state index contributed by atoms with van der Waals surface area (Å²) in [7, 11) is 1.66. The summed E-state index contributed by atoms with van der Waals surface area (Å²) in [6.07, 6.45) is 0. The fourth-order valence-electron chi connectivity index (χ4n) is 3.25. The zero-order valence-corrected chi connectivity index (χ0v) is 15.7. The molecule has 1 unspecified atom stereocenters. The molecule has 1 N–H and O–H groups in total. The minimum Gasteiger partial charge on any atom is -0.497 e. The molecule has 0 bridgehead atoms. The third kappa shape index (κ3) is 4.39. The van der Waals surface area contributed by atoms with Crippen LogP contribution < -0.4 is 15.0 Å². The van der Waals surface area contributed by atoms with Gasteiger partial charge in [0.2, 0.25) is 5.91 Å². The summed E-state index contributed by atoms with van der Waals surface area (Å²) in [6.45, 7) is 5.24. The van der Waals surface area contributed by atoms with E-state index in [9.17, 15) is 4.79 Å². The third-order valence-electron chi connectivity index (χ3n) is 4.98. The normalized spacial score (nSPS) is 15.7. The summed E-state index contributed by atoms with van der Waals surface area (Å²) in [6, 6.07) is 17.0. The largest absolute Gasteiger partial charge is 0.497 e. The average molecular weight is 364 g/mol. The van der Waals surface area contributed by atoms with Gasteiger partial charge < -0.3 is 15.0 Å². The first kappa shape index (κ1) is 18.7. The molecule has 2 aromatic rings. The summed E-state index contributed by atoms with van der Waals surface area (Å²) in [5, 5.41) is 12.0. The first-order valence-electron chi connectivity index (χ1n) is 9.05. The Morgan fingerprint density at radius 3 is 2.41 bits per heavy atom. The van der Waals surface area contributed by atoms with Gasteiger partial charge in [-0.1, -0.05) is 12.1 Å². The molecule has 0 spiro atoms. The van der Waals surface area contributed by atoms with Crippen molar-refractivity contribution >= 4 is 17.3 Å². The minimum atomic E-state index is -0.255. The number of hydrogen-bond donors (Lipinski definition) is 1. The van der Waals surface area contributed by atoms with Gasteiger partial charge in [0.1, 0.15) is 11.8 Å². The van der Waals surface area contributed by atoms with E-state index in [2.05, 4.69) is 33.3 Å². The van der Waals surface area contributed by atoms with E-state index in [4.69, 9.17) is 10.00 Å². The van der Waals surface area contributed by atoms with Crippen LogP contribution in [0.1, 0.15) is 12.5 Å².